The second-order valence-electron chi connectivity index (χ2n) is 5.01. The molecule has 5 heteroatoms. The van der Waals surface area contributed by atoms with Gasteiger partial charge in [-0.05, 0) is 41.5 Å². The molecule has 3 rings (SSSR count). The van der Waals surface area contributed by atoms with Crippen molar-refractivity contribution in [2.75, 3.05) is 0 Å². The Morgan fingerprint density at radius 1 is 0.958 bits per heavy atom. The summed E-state index contributed by atoms with van der Waals surface area (Å²) >= 11 is 0. The summed E-state index contributed by atoms with van der Waals surface area (Å²) in [5.74, 6) is -0.521. The van der Waals surface area contributed by atoms with E-state index in [9.17, 15) is 9.18 Å². The lowest BCUT2D eigenvalue weighted by atomic mass is 10.1. The molecule has 0 aliphatic heterocycles. The third-order valence-electron chi connectivity index (χ3n) is 3.38. The quantitative estimate of drug-likeness (QED) is 0.793. The first kappa shape index (κ1) is 17.3. The summed E-state index contributed by atoms with van der Waals surface area (Å²) in [6.45, 7) is 0.332. The standard InChI is InChI=1S/C18H14FN3O.CH4/c19-17-3-1-13(2-4-17)10-22-18(23)16-9-15(11-21-12-16)14-5-7-20-8-6-14;/h1-9,11-12H,10H2,(H,22,23);1H4. The van der Waals surface area contributed by atoms with Gasteiger partial charge in [0, 0.05) is 36.9 Å². The lowest BCUT2D eigenvalue weighted by Crippen LogP contribution is -2.22. The summed E-state index contributed by atoms with van der Waals surface area (Å²) in [7, 11) is 0. The summed E-state index contributed by atoms with van der Waals surface area (Å²) in [4.78, 5) is 20.3. The highest BCUT2D eigenvalue weighted by molar-refractivity contribution is 5.95. The number of rotatable bonds is 4. The third kappa shape index (κ3) is 4.23. The van der Waals surface area contributed by atoms with Gasteiger partial charge in [0.05, 0.1) is 5.56 Å². The molecule has 4 nitrogen and oxygen atoms in total. The highest BCUT2D eigenvalue weighted by Crippen LogP contribution is 2.18. The monoisotopic (exact) mass is 323 g/mol. The first-order valence-electron chi connectivity index (χ1n) is 7.10. The van der Waals surface area contributed by atoms with Crippen LogP contribution < -0.4 is 5.32 Å². The van der Waals surface area contributed by atoms with E-state index in [-0.39, 0.29) is 19.2 Å². The molecule has 3 aromatic rings. The van der Waals surface area contributed by atoms with Crippen molar-refractivity contribution in [3.05, 3.63) is 84.2 Å². The molecule has 0 fully saturated rings. The second kappa shape index (κ2) is 7.97. The molecule has 1 amide bonds. The molecular weight excluding hydrogens is 305 g/mol. The Morgan fingerprint density at radius 2 is 1.67 bits per heavy atom. The smallest absolute Gasteiger partial charge is 0.253 e. The van der Waals surface area contributed by atoms with E-state index in [4.69, 9.17) is 0 Å². The molecule has 0 aliphatic carbocycles. The third-order valence-corrected chi connectivity index (χ3v) is 3.38. The highest BCUT2D eigenvalue weighted by Gasteiger charge is 2.08. The zero-order chi connectivity index (χ0) is 16.1. The van der Waals surface area contributed by atoms with Gasteiger partial charge in [-0.1, -0.05) is 19.6 Å². The number of amides is 1. The fourth-order valence-electron chi connectivity index (χ4n) is 2.15. The number of aromatic nitrogens is 2. The van der Waals surface area contributed by atoms with Crippen LogP contribution in [0.1, 0.15) is 23.3 Å². The molecule has 2 heterocycles. The number of nitrogens with zero attached hydrogens (tertiary/aromatic N) is 2. The van der Waals surface area contributed by atoms with Crippen molar-refractivity contribution in [2.45, 2.75) is 14.0 Å². The molecule has 24 heavy (non-hydrogen) atoms. The zero-order valence-corrected chi connectivity index (χ0v) is 12.2. The fourth-order valence-corrected chi connectivity index (χ4v) is 2.15. The molecule has 0 bridgehead atoms. The average molecular weight is 323 g/mol. The zero-order valence-electron chi connectivity index (χ0n) is 12.2. The van der Waals surface area contributed by atoms with Crippen molar-refractivity contribution in [1.82, 2.24) is 15.3 Å². The van der Waals surface area contributed by atoms with E-state index in [2.05, 4.69) is 15.3 Å². The minimum atomic E-state index is -0.297. The van der Waals surface area contributed by atoms with E-state index in [0.717, 1.165) is 16.7 Å². The highest BCUT2D eigenvalue weighted by atomic mass is 19.1. The Labute approximate surface area is 140 Å². The van der Waals surface area contributed by atoms with E-state index in [1.54, 1.807) is 36.8 Å². The van der Waals surface area contributed by atoms with Gasteiger partial charge in [0.2, 0.25) is 0 Å². The van der Waals surface area contributed by atoms with Crippen molar-refractivity contribution in [3.8, 4) is 11.1 Å². The SMILES string of the molecule is C.O=C(NCc1ccc(F)cc1)c1cncc(-c2ccncc2)c1. The summed E-state index contributed by atoms with van der Waals surface area (Å²) < 4.78 is 12.9. The molecule has 122 valence electrons. The fraction of sp³-hybridized carbons (Fsp3) is 0.105. The molecule has 0 spiro atoms. The van der Waals surface area contributed by atoms with E-state index < -0.39 is 0 Å². The van der Waals surface area contributed by atoms with Crippen LogP contribution in [-0.2, 0) is 6.54 Å². The maximum atomic E-state index is 12.9. The van der Waals surface area contributed by atoms with Gasteiger partial charge in [0.1, 0.15) is 5.82 Å². The Bertz CT molecular complexity index is 804. The number of pyridine rings is 2. The van der Waals surface area contributed by atoms with E-state index in [1.807, 2.05) is 12.1 Å². The number of carbonyl (C=O) groups excluding carboxylic acids is 1. The largest absolute Gasteiger partial charge is 0.348 e. The minimum absolute atomic E-state index is 0. The number of carbonyl (C=O) groups is 1. The van der Waals surface area contributed by atoms with Crippen LogP contribution in [0.15, 0.2) is 67.3 Å². The molecule has 1 aromatic carbocycles. The number of hydrogen-bond donors (Lipinski definition) is 1. The maximum Gasteiger partial charge on any atom is 0.253 e. The van der Waals surface area contributed by atoms with Crippen molar-refractivity contribution < 1.29 is 9.18 Å². The Hall–Kier alpha value is -3.08. The van der Waals surface area contributed by atoms with Crippen LogP contribution in [0.5, 0.6) is 0 Å². The van der Waals surface area contributed by atoms with Gasteiger partial charge in [0.15, 0.2) is 0 Å². The lowest BCUT2D eigenvalue weighted by molar-refractivity contribution is 0.0950. The van der Waals surface area contributed by atoms with Gasteiger partial charge in [-0.15, -0.1) is 0 Å². The summed E-state index contributed by atoms with van der Waals surface area (Å²) in [6, 6.07) is 11.5. The summed E-state index contributed by atoms with van der Waals surface area (Å²) in [6.07, 6.45) is 6.60. The van der Waals surface area contributed by atoms with E-state index in [1.165, 1.54) is 18.3 Å². The average Bonchev–Trinajstić information content (AvgIpc) is 2.62. The topological polar surface area (TPSA) is 54.9 Å². The number of benzene rings is 1. The number of hydrogen-bond acceptors (Lipinski definition) is 3. The van der Waals surface area contributed by atoms with Crippen molar-refractivity contribution >= 4 is 5.91 Å². The van der Waals surface area contributed by atoms with Gasteiger partial charge in [-0.3, -0.25) is 14.8 Å². The second-order valence-corrected chi connectivity index (χ2v) is 5.01. The van der Waals surface area contributed by atoms with Crippen molar-refractivity contribution in [2.24, 2.45) is 0 Å². The first-order chi connectivity index (χ1) is 11.2. The van der Waals surface area contributed by atoms with Crippen molar-refractivity contribution in [3.63, 3.8) is 0 Å². The summed E-state index contributed by atoms with van der Waals surface area (Å²) in [5, 5.41) is 2.80. The van der Waals surface area contributed by atoms with Crippen LogP contribution in [0.3, 0.4) is 0 Å². The Balaban J connectivity index is 0.00000208. The molecule has 2 aromatic heterocycles. The Morgan fingerprint density at radius 3 is 2.38 bits per heavy atom. The maximum absolute atomic E-state index is 12.9. The predicted octanol–water partition coefficient (Wildman–Crippen LogP) is 3.85. The molecule has 0 unspecified atom stereocenters. The van der Waals surface area contributed by atoms with Crippen LogP contribution >= 0.6 is 0 Å². The van der Waals surface area contributed by atoms with Gasteiger partial charge in [0.25, 0.3) is 5.91 Å². The predicted molar refractivity (Wildman–Crippen MR) is 91.8 cm³/mol. The summed E-state index contributed by atoms with van der Waals surface area (Å²) in [5.41, 5.74) is 3.10. The molecule has 0 radical (unpaired) electrons. The molecular formula is C19H18FN3O. The molecule has 0 aliphatic rings. The molecule has 0 saturated carbocycles. The molecule has 0 atom stereocenters. The first-order valence-corrected chi connectivity index (χ1v) is 7.10. The van der Waals surface area contributed by atoms with Gasteiger partial charge < -0.3 is 5.32 Å². The minimum Gasteiger partial charge on any atom is -0.348 e. The van der Waals surface area contributed by atoms with Gasteiger partial charge in [-0.2, -0.15) is 0 Å². The Kier molecular flexibility index (Phi) is 5.73. The normalized spacial score (nSPS) is 9.88. The van der Waals surface area contributed by atoms with E-state index >= 15 is 0 Å². The molecule has 1 N–H and O–H groups in total. The molecule has 0 saturated heterocycles. The van der Waals surface area contributed by atoms with E-state index in [0.29, 0.717) is 12.1 Å². The number of halogens is 1. The van der Waals surface area contributed by atoms with Crippen LogP contribution in [0, 0.1) is 5.82 Å². The van der Waals surface area contributed by atoms with Crippen LogP contribution in [-0.4, -0.2) is 15.9 Å². The lowest BCUT2D eigenvalue weighted by Gasteiger charge is -2.07. The van der Waals surface area contributed by atoms with Crippen molar-refractivity contribution in [1.29, 1.82) is 0 Å². The number of nitrogens with one attached hydrogen (secondary N) is 1. The van der Waals surface area contributed by atoms with Crippen LogP contribution in [0.25, 0.3) is 11.1 Å². The van der Waals surface area contributed by atoms with Crippen LogP contribution in [0.4, 0.5) is 4.39 Å². The van der Waals surface area contributed by atoms with Gasteiger partial charge in [-0.25, -0.2) is 4.39 Å². The van der Waals surface area contributed by atoms with Crippen LogP contribution in [0.2, 0.25) is 0 Å². The van der Waals surface area contributed by atoms with Gasteiger partial charge >= 0.3 is 0 Å².